The summed E-state index contributed by atoms with van der Waals surface area (Å²) in [7, 11) is -1.75. The second-order valence-electron chi connectivity index (χ2n) is 13.6. The summed E-state index contributed by atoms with van der Waals surface area (Å²) in [4.78, 5) is 3.35. The molecule has 11 nitrogen and oxygen atoms in total. The molecule has 0 saturated carbocycles. The minimum absolute atomic E-state index is 0.0465. The van der Waals surface area contributed by atoms with Crippen molar-refractivity contribution in [3.63, 3.8) is 0 Å². The third-order valence-corrected chi connectivity index (χ3v) is 10.7. The number of benzene rings is 4. The van der Waals surface area contributed by atoms with Crippen LogP contribution in [0.2, 0.25) is 0 Å². The van der Waals surface area contributed by atoms with Gasteiger partial charge >= 0.3 is 7.82 Å². The van der Waals surface area contributed by atoms with E-state index >= 15 is 0 Å². The molecular weight excluding hydrogens is 764 g/mol. The van der Waals surface area contributed by atoms with Crippen molar-refractivity contribution in [2.45, 2.75) is 64.7 Å². The van der Waals surface area contributed by atoms with Crippen molar-refractivity contribution in [2.75, 3.05) is 45.9 Å². The van der Waals surface area contributed by atoms with Gasteiger partial charge in [0, 0.05) is 11.8 Å². The van der Waals surface area contributed by atoms with Crippen molar-refractivity contribution in [1.82, 2.24) is 0 Å². The molecule has 57 heavy (non-hydrogen) atoms. The van der Waals surface area contributed by atoms with E-state index in [1.54, 1.807) is 0 Å². The van der Waals surface area contributed by atoms with Crippen molar-refractivity contribution >= 4 is 17.1 Å². The summed E-state index contributed by atoms with van der Waals surface area (Å²) in [5.74, 6) is -0.616. The topological polar surface area (TPSA) is 116 Å². The van der Waals surface area contributed by atoms with E-state index in [2.05, 4.69) is 14.1 Å². The summed E-state index contributed by atoms with van der Waals surface area (Å²) in [6.07, 6.45) is -2.25. The molecule has 1 N–H and O–H groups in total. The van der Waals surface area contributed by atoms with Crippen LogP contribution in [0.1, 0.15) is 36.1 Å². The maximum absolute atomic E-state index is 14.5. The van der Waals surface area contributed by atoms with E-state index in [1.165, 1.54) is 0 Å². The smallest absolute Gasteiger partial charge is 0.394 e. The molecule has 0 aliphatic carbocycles. The number of phosphoric acid groups is 1. The van der Waals surface area contributed by atoms with Crippen molar-refractivity contribution in [3.05, 3.63) is 155 Å². The van der Waals surface area contributed by atoms with Crippen LogP contribution in [0.3, 0.4) is 0 Å². The van der Waals surface area contributed by atoms with E-state index in [0.29, 0.717) is 19.6 Å². The Labute approximate surface area is 340 Å². The van der Waals surface area contributed by atoms with Gasteiger partial charge in [-0.15, -0.1) is 9.24 Å². The first-order valence-electron chi connectivity index (χ1n) is 19.2. The number of aliphatic hydroxyl groups excluding tert-OH is 1. The summed E-state index contributed by atoms with van der Waals surface area (Å²) >= 11 is 0. The number of hydrogen-bond acceptors (Lipinski definition) is 10. The molecule has 0 aliphatic heterocycles. The van der Waals surface area contributed by atoms with Gasteiger partial charge in [0.2, 0.25) is 6.54 Å². The summed E-state index contributed by atoms with van der Waals surface area (Å²) in [6, 6.07) is 38.9. The maximum atomic E-state index is 14.5. The molecule has 4 rings (SSSR count). The predicted octanol–water partition coefficient (Wildman–Crippen LogP) is 8.52. The first-order valence-corrected chi connectivity index (χ1v) is 21.5. The normalized spacial score (nSPS) is 15.8. The SMILES string of the molecule is [C-]#[N+]CCOP(=O)(OC[C@@H](C)[C@@H](OCc1ccccc1)[C@H](CO)OCc1ccccc1)OC[C@H](OCc1ccccc1)[C@H](OCc1ccccc1)[C@H](C)COCP. The Kier molecular flexibility index (Phi) is 21.7. The van der Waals surface area contributed by atoms with Crippen LogP contribution in [0.5, 0.6) is 0 Å². The van der Waals surface area contributed by atoms with Crippen LogP contribution in [0.4, 0.5) is 0 Å². The van der Waals surface area contributed by atoms with Crippen molar-refractivity contribution in [1.29, 1.82) is 0 Å². The van der Waals surface area contributed by atoms with Gasteiger partial charge in [-0.3, -0.25) is 13.6 Å². The molecule has 0 heterocycles. The molecule has 0 radical (unpaired) electrons. The van der Waals surface area contributed by atoms with Gasteiger partial charge in [0.15, 0.2) is 0 Å². The standard InChI is InChI=1S/C44H57NO10P2/c1-35(27-48-34-56)44(52-32-40-22-14-7-15-23-40)42(50-30-38-18-10-5-11-19-38)33-55-57(47,53-25-24-45-3)54-28-36(2)43(51-31-39-20-12-6-13-21-39)41(26-46)49-29-37-16-8-4-9-17-37/h4-23,35-36,41-44,46H,24-34,56H2,1-2H3/t35-,36-,41+,42+,43-,44-,57?/m1/s1. The van der Waals surface area contributed by atoms with Crippen LogP contribution < -0.4 is 0 Å². The lowest BCUT2D eigenvalue weighted by Gasteiger charge is -2.33. The zero-order valence-corrected chi connectivity index (χ0v) is 34.9. The number of hydrogen-bond donors (Lipinski definition) is 1. The molecule has 4 aromatic carbocycles. The molecule has 308 valence electrons. The zero-order chi connectivity index (χ0) is 40.6. The molecule has 0 aliphatic rings. The Hall–Kier alpha value is -3.33. The van der Waals surface area contributed by atoms with Crippen LogP contribution in [-0.2, 0) is 68.2 Å². The lowest BCUT2D eigenvalue weighted by molar-refractivity contribution is -0.133. The summed E-state index contributed by atoms with van der Waals surface area (Å²) < 4.78 is 63.7. The van der Waals surface area contributed by atoms with E-state index in [4.69, 9.17) is 43.8 Å². The lowest BCUT2D eigenvalue weighted by atomic mass is 10.00. The number of nitrogens with zero attached hydrogens (tertiary/aromatic N) is 1. The highest BCUT2D eigenvalue weighted by atomic mass is 31.2. The molecule has 0 amide bonds. The fourth-order valence-electron chi connectivity index (χ4n) is 5.98. The molecule has 13 heteroatoms. The van der Waals surface area contributed by atoms with Gasteiger partial charge in [-0.2, -0.15) is 0 Å². The maximum Gasteiger partial charge on any atom is 0.475 e. The molecule has 0 fully saturated rings. The quantitative estimate of drug-likeness (QED) is 0.0325. The second-order valence-corrected chi connectivity index (χ2v) is 15.6. The van der Waals surface area contributed by atoms with Crippen LogP contribution in [-0.4, -0.2) is 75.4 Å². The van der Waals surface area contributed by atoms with Crippen molar-refractivity contribution < 1.29 is 46.9 Å². The number of rotatable bonds is 29. The second kappa shape index (κ2) is 26.6. The van der Waals surface area contributed by atoms with E-state index in [-0.39, 0.29) is 58.7 Å². The summed E-state index contributed by atoms with van der Waals surface area (Å²) in [6.45, 7) is 11.7. The Morgan fingerprint density at radius 2 is 1.00 bits per heavy atom. The van der Waals surface area contributed by atoms with Gasteiger partial charge < -0.3 is 33.6 Å². The first kappa shape index (κ1) is 46.4. The average molecular weight is 822 g/mol. The third kappa shape index (κ3) is 17.2. The number of aliphatic hydroxyl groups is 1. The Morgan fingerprint density at radius 3 is 1.44 bits per heavy atom. The fourth-order valence-corrected chi connectivity index (χ4v) is 7.39. The molecule has 2 unspecified atom stereocenters. The monoisotopic (exact) mass is 821 g/mol. The predicted molar refractivity (Wildman–Crippen MR) is 223 cm³/mol. The van der Waals surface area contributed by atoms with Gasteiger partial charge in [0.05, 0.1) is 71.4 Å². The number of ether oxygens (including phenoxy) is 5. The molecule has 0 saturated heterocycles. The number of phosphoric ester groups is 1. The molecular formula is C44H57NO10P2. The Balaban J connectivity index is 1.54. The van der Waals surface area contributed by atoms with Crippen molar-refractivity contribution in [2.24, 2.45) is 11.8 Å². The highest BCUT2D eigenvalue weighted by Crippen LogP contribution is 2.50. The van der Waals surface area contributed by atoms with Gasteiger partial charge in [-0.1, -0.05) is 135 Å². The van der Waals surface area contributed by atoms with Gasteiger partial charge in [0.1, 0.15) is 18.8 Å². The van der Waals surface area contributed by atoms with E-state index in [1.807, 2.05) is 135 Å². The Morgan fingerprint density at radius 1 is 0.596 bits per heavy atom. The minimum Gasteiger partial charge on any atom is -0.394 e. The lowest BCUT2D eigenvalue weighted by Crippen LogP contribution is -2.42. The first-order chi connectivity index (χ1) is 27.8. The van der Waals surface area contributed by atoms with Crippen molar-refractivity contribution in [3.8, 4) is 0 Å². The zero-order valence-electron chi connectivity index (χ0n) is 32.9. The fraction of sp³-hybridized carbons (Fsp3) is 0.432. The van der Waals surface area contributed by atoms with E-state index < -0.39 is 38.2 Å². The van der Waals surface area contributed by atoms with E-state index in [0.717, 1.165) is 22.3 Å². The highest BCUT2D eigenvalue weighted by molar-refractivity contribution is 7.48. The van der Waals surface area contributed by atoms with Crippen LogP contribution in [0.15, 0.2) is 121 Å². The molecule has 0 spiro atoms. The van der Waals surface area contributed by atoms with Gasteiger partial charge in [-0.25, -0.2) is 11.1 Å². The van der Waals surface area contributed by atoms with Crippen LogP contribution in [0, 0.1) is 18.4 Å². The summed E-state index contributed by atoms with van der Waals surface area (Å²) in [5, 5.41) is 10.5. The third-order valence-electron chi connectivity index (χ3n) is 9.06. The van der Waals surface area contributed by atoms with Gasteiger partial charge in [0.25, 0.3) is 0 Å². The molecule has 8 atom stereocenters. The van der Waals surface area contributed by atoms with Gasteiger partial charge in [-0.05, 0) is 22.3 Å². The van der Waals surface area contributed by atoms with Crippen LogP contribution >= 0.6 is 17.1 Å². The molecule has 4 aromatic rings. The average Bonchev–Trinajstić information content (AvgIpc) is 3.25. The molecule has 0 aromatic heterocycles. The molecule has 0 bridgehead atoms. The van der Waals surface area contributed by atoms with Crippen LogP contribution in [0.25, 0.3) is 4.85 Å². The van der Waals surface area contributed by atoms with E-state index in [9.17, 15) is 9.67 Å². The summed E-state index contributed by atoms with van der Waals surface area (Å²) in [5.41, 5.74) is 3.80. The minimum atomic E-state index is -4.31. The highest BCUT2D eigenvalue weighted by Gasteiger charge is 2.37. The largest absolute Gasteiger partial charge is 0.475 e. The Bertz CT molecular complexity index is 1720.